The topological polar surface area (TPSA) is 102 Å². The number of aryl methyl sites for hydroxylation is 1. The number of carbonyl (C=O) groups is 2. The first kappa shape index (κ1) is 15.7. The first-order valence-corrected chi connectivity index (χ1v) is 7.01. The Hall–Kier alpha value is -3.22. The van der Waals surface area contributed by atoms with Gasteiger partial charge in [0.25, 0.3) is 0 Å². The highest BCUT2D eigenvalue weighted by molar-refractivity contribution is 6.03. The molecule has 0 aromatic heterocycles. The molecule has 2 aromatic rings. The van der Waals surface area contributed by atoms with Gasteiger partial charge < -0.3 is 24.4 Å². The molecule has 0 aliphatic carbocycles. The van der Waals surface area contributed by atoms with Crippen LogP contribution in [-0.2, 0) is 0 Å². The second-order valence-electron chi connectivity index (χ2n) is 5.32. The largest absolute Gasteiger partial charge is 0.508 e. The van der Waals surface area contributed by atoms with Crippen LogP contribution in [0.25, 0.3) is 0 Å². The summed E-state index contributed by atoms with van der Waals surface area (Å²) >= 11 is 0. The minimum absolute atomic E-state index is 0.00343. The van der Waals surface area contributed by atoms with E-state index in [4.69, 9.17) is 14.2 Å². The summed E-state index contributed by atoms with van der Waals surface area (Å²) in [4.78, 5) is 23.8. The van der Waals surface area contributed by atoms with Gasteiger partial charge in [0, 0.05) is 11.6 Å². The molecule has 0 saturated carbocycles. The standard InChI is InChI=1S/C17H14O7/c1-7-4-9(19)5-11-14(7)24-17(21)12-13(20)10(6-18)15(22-3)8(2)16(12)23-11/h4-6,19-20H,1-3H3. The minimum Gasteiger partial charge on any atom is -0.508 e. The van der Waals surface area contributed by atoms with Crippen molar-refractivity contribution in [3.63, 3.8) is 0 Å². The summed E-state index contributed by atoms with van der Waals surface area (Å²) < 4.78 is 16.2. The third-order valence-electron chi connectivity index (χ3n) is 3.80. The van der Waals surface area contributed by atoms with Crippen molar-refractivity contribution >= 4 is 12.3 Å². The molecule has 1 heterocycles. The molecule has 7 heteroatoms. The average molecular weight is 330 g/mol. The second kappa shape index (κ2) is 5.45. The Labute approximate surface area is 137 Å². The van der Waals surface area contributed by atoms with Gasteiger partial charge in [-0.2, -0.15) is 0 Å². The van der Waals surface area contributed by atoms with Gasteiger partial charge in [-0.25, -0.2) is 4.79 Å². The van der Waals surface area contributed by atoms with Gasteiger partial charge in [-0.05, 0) is 25.5 Å². The fourth-order valence-corrected chi connectivity index (χ4v) is 2.72. The highest BCUT2D eigenvalue weighted by atomic mass is 16.6. The number of phenols is 2. The molecule has 0 atom stereocenters. The molecule has 0 saturated heterocycles. The van der Waals surface area contributed by atoms with E-state index in [1.54, 1.807) is 13.8 Å². The Morgan fingerprint density at radius 1 is 1.12 bits per heavy atom. The summed E-state index contributed by atoms with van der Waals surface area (Å²) in [5, 5.41) is 20.1. The van der Waals surface area contributed by atoms with E-state index in [1.807, 2.05) is 0 Å². The molecule has 0 radical (unpaired) electrons. The van der Waals surface area contributed by atoms with Gasteiger partial charge in [-0.3, -0.25) is 4.79 Å². The number of hydrogen-bond acceptors (Lipinski definition) is 7. The number of carbonyl (C=O) groups excluding carboxylic acids is 2. The molecule has 24 heavy (non-hydrogen) atoms. The molecule has 3 rings (SSSR count). The highest BCUT2D eigenvalue weighted by Gasteiger charge is 2.33. The quantitative estimate of drug-likeness (QED) is 0.496. The number of rotatable bonds is 2. The molecule has 2 aromatic carbocycles. The van der Waals surface area contributed by atoms with Gasteiger partial charge >= 0.3 is 5.97 Å². The maximum Gasteiger partial charge on any atom is 0.351 e. The third-order valence-corrected chi connectivity index (χ3v) is 3.80. The minimum atomic E-state index is -0.871. The molecule has 1 aliphatic rings. The fraction of sp³-hybridized carbons (Fsp3) is 0.176. The SMILES string of the molecule is COc1c(C)c2c(c(O)c1C=O)C(=O)Oc1c(C)cc(O)cc1O2. The smallest absolute Gasteiger partial charge is 0.351 e. The van der Waals surface area contributed by atoms with Crippen LogP contribution in [-0.4, -0.2) is 29.6 Å². The number of esters is 1. The monoisotopic (exact) mass is 330 g/mol. The van der Waals surface area contributed by atoms with E-state index in [0.29, 0.717) is 17.4 Å². The predicted molar refractivity (Wildman–Crippen MR) is 82.7 cm³/mol. The van der Waals surface area contributed by atoms with Gasteiger partial charge in [-0.1, -0.05) is 0 Å². The summed E-state index contributed by atoms with van der Waals surface area (Å²) in [6.45, 7) is 3.22. The molecule has 124 valence electrons. The molecule has 7 nitrogen and oxygen atoms in total. The van der Waals surface area contributed by atoms with Crippen LogP contribution in [0.3, 0.4) is 0 Å². The lowest BCUT2D eigenvalue weighted by Gasteiger charge is -2.16. The first-order chi connectivity index (χ1) is 11.4. The number of hydrogen-bond donors (Lipinski definition) is 2. The molecule has 0 spiro atoms. The zero-order valence-electron chi connectivity index (χ0n) is 13.2. The number of aromatic hydroxyl groups is 2. The Morgan fingerprint density at radius 2 is 1.83 bits per heavy atom. The van der Waals surface area contributed by atoms with Gasteiger partial charge in [0.15, 0.2) is 23.5 Å². The number of aldehydes is 1. The van der Waals surface area contributed by atoms with E-state index in [-0.39, 0.29) is 39.9 Å². The lowest BCUT2D eigenvalue weighted by Crippen LogP contribution is -2.10. The van der Waals surface area contributed by atoms with Crippen molar-refractivity contribution in [3.8, 4) is 34.5 Å². The van der Waals surface area contributed by atoms with Crippen molar-refractivity contribution in [1.29, 1.82) is 0 Å². The lowest BCUT2D eigenvalue weighted by atomic mass is 10.0. The Morgan fingerprint density at radius 3 is 2.46 bits per heavy atom. The highest BCUT2D eigenvalue weighted by Crippen LogP contribution is 2.48. The van der Waals surface area contributed by atoms with Crippen molar-refractivity contribution in [1.82, 2.24) is 0 Å². The van der Waals surface area contributed by atoms with Gasteiger partial charge in [0.1, 0.15) is 22.8 Å². The summed E-state index contributed by atoms with van der Waals surface area (Å²) in [5.41, 5.74) is 0.384. The second-order valence-corrected chi connectivity index (χ2v) is 5.32. The lowest BCUT2D eigenvalue weighted by molar-refractivity contribution is 0.0733. The van der Waals surface area contributed by atoms with E-state index < -0.39 is 11.7 Å². The zero-order valence-corrected chi connectivity index (χ0v) is 13.2. The molecule has 1 aliphatic heterocycles. The van der Waals surface area contributed by atoms with E-state index in [2.05, 4.69) is 0 Å². The molecular weight excluding hydrogens is 316 g/mol. The zero-order chi connectivity index (χ0) is 17.6. The summed E-state index contributed by atoms with van der Waals surface area (Å²) in [6.07, 6.45) is 0.393. The number of ether oxygens (including phenoxy) is 3. The van der Waals surface area contributed by atoms with Crippen molar-refractivity contribution in [2.75, 3.05) is 7.11 Å². The van der Waals surface area contributed by atoms with E-state index in [1.165, 1.54) is 19.2 Å². The molecule has 0 unspecified atom stereocenters. The normalized spacial score (nSPS) is 12.4. The summed E-state index contributed by atoms with van der Waals surface area (Å²) in [6, 6.07) is 2.71. The van der Waals surface area contributed by atoms with Gasteiger partial charge in [-0.15, -0.1) is 0 Å². The van der Waals surface area contributed by atoms with Crippen molar-refractivity contribution in [3.05, 3.63) is 34.4 Å². The van der Waals surface area contributed by atoms with E-state index in [0.717, 1.165) is 0 Å². The van der Waals surface area contributed by atoms with Crippen molar-refractivity contribution < 1.29 is 34.0 Å². The number of benzene rings is 2. The molecule has 0 bridgehead atoms. The maximum absolute atomic E-state index is 12.5. The summed E-state index contributed by atoms with van der Waals surface area (Å²) in [5.74, 6) is -1.18. The Balaban J connectivity index is 2.35. The van der Waals surface area contributed by atoms with Crippen LogP contribution < -0.4 is 14.2 Å². The van der Waals surface area contributed by atoms with E-state index in [9.17, 15) is 19.8 Å². The fourth-order valence-electron chi connectivity index (χ4n) is 2.72. The summed E-state index contributed by atoms with van der Waals surface area (Å²) in [7, 11) is 1.33. The van der Waals surface area contributed by atoms with E-state index >= 15 is 0 Å². The number of methoxy groups -OCH3 is 1. The maximum atomic E-state index is 12.5. The van der Waals surface area contributed by atoms with Crippen molar-refractivity contribution in [2.24, 2.45) is 0 Å². The van der Waals surface area contributed by atoms with Gasteiger partial charge in [0.05, 0.1) is 12.7 Å². The van der Waals surface area contributed by atoms with Crippen LogP contribution in [0, 0.1) is 13.8 Å². The predicted octanol–water partition coefficient (Wildman–Crippen LogP) is 2.86. The van der Waals surface area contributed by atoms with Crippen LogP contribution in [0.2, 0.25) is 0 Å². The molecule has 0 fully saturated rings. The van der Waals surface area contributed by atoms with Crippen LogP contribution in [0.15, 0.2) is 12.1 Å². The average Bonchev–Trinajstić information content (AvgIpc) is 2.67. The van der Waals surface area contributed by atoms with Gasteiger partial charge in [0.2, 0.25) is 0 Å². The van der Waals surface area contributed by atoms with Crippen LogP contribution in [0.1, 0.15) is 31.8 Å². The Kier molecular flexibility index (Phi) is 3.56. The van der Waals surface area contributed by atoms with Crippen molar-refractivity contribution in [2.45, 2.75) is 13.8 Å². The molecular formula is C17H14O7. The Bertz CT molecular complexity index is 883. The van der Waals surface area contributed by atoms with Crippen LogP contribution >= 0.6 is 0 Å². The molecule has 0 amide bonds. The van der Waals surface area contributed by atoms with Crippen LogP contribution in [0.4, 0.5) is 0 Å². The third kappa shape index (κ3) is 2.13. The first-order valence-electron chi connectivity index (χ1n) is 7.01. The number of phenolic OH excluding ortho intramolecular Hbond substituents is 2. The molecule has 2 N–H and O–H groups in total. The number of fused-ring (bicyclic) bond motifs is 2. The van der Waals surface area contributed by atoms with Crippen LogP contribution in [0.5, 0.6) is 34.5 Å².